The number of nitrogens with zero attached hydrogens (tertiary/aromatic N) is 1. The molecule has 0 fully saturated rings. The van der Waals surface area contributed by atoms with Crippen molar-refractivity contribution in [3.8, 4) is 56.5 Å². The van der Waals surface area contributed by atoms with Crippen molar-refractivity contribution in [1.82, 2.24) is 4.98 Å². The quantitative estimate of drug-likeness (QED) is 0.188. The lowest BCUT2D eigenvalue weighted by Crippen LogP contribution is -2.36. The molecule has 0 saturated carbocycles. The lowest BCUT2D eigenvalue weighted by Gasteiger charge is -2.45. The molecule has 3 aliphatic rings. The van der Waals surface area contributed by atoms with E-state index in [0.29, 0.717) is 0 Å². The van der Waals surface area contributed by atoms with Gasteiger partial charge in [-0.15, -0.1) is 0 Å². The fourth-order valence-corrected chi connectivity index (χ4v) is 8.93. The monoisotopic (exact) mass is 665 g/mol. The van der Waals surface area contributed by atoms with Gasteiger partial charge >= 0.3 is 0 Å². The summed E-state index contributed by atoms with van der Waals surface area (Å²) in [5.74, 6) is 3.55. The number of rotatable bonds is 3. The van der Waals surface area contributed by atoms with Gasteiger partial charge in [-0.3, -0.25) is 4.98 Å². The second-order valence-electron chi connectivity index (χ2n) is 13.8. The lowest BCUT2D eigenvalue weighted by atomic mass is 9.62. The molecule has 7 aromatic carbocycles. The average molecular weight is 666 g/mol. The Morgan fingerprint density at radius 3 is 1.83 bits per heavy atom. The maximum absolute atomic E-state index is 6.90. The highest BCUT2D eigenvalue weighted by Gasteiger charge is 2.50. The third kappa shape index (κ3) is 4.11. The molecule has 244 valence electrons. The van der Waals surface area contributed by atoms with Crippen molar-refractivity contribution in [2.75, 3.05) is 0 Å². The molecule has 3 nitrogen and oxygen atoms in total. The van der Waals surface area contributed by atoms with Crippen LogP contribution < -0.4 is 9.47 Å². The summed E-state index contributed by atoms with van der Waals surface area (Å²) in [5, 5.41) is 0. The van der Waals surface area contributed by atoms with Crippen LogP contribution in [0.15, 0.2) is 182 Å². The third-order valence-corrected chi connectivity index (χ3v) is 11.1. The summed E-state index contributed by atoms with van der Waals surface area (Å²) >= 11 is 0. The van der Waals surface area contributed by atoms with E-state index in [2.05, 4.69) is 151 Å². The van der Waals surface area contributed by atoms with Gasteiger partial charge in [0.2, 0.25) is 0 Å². The molecule has 0 bridgehead atoms. The van der Waals surface area contributed by atoms with Crippen LogP contribution in [-0.4, -0.2) is 4.98 Å². The van der Waals surface area contributed by atoms with Crippen LogP contribution >= 0.6 is 0 Å². The predicted octanol–water partition coefficient (Wildman–Crippen LogP) is 12.2. The van der Waals surface area contributed by atoms with Gasteiger partial charge in [-0.05, 0) is 87.5 Å². The Balaban J connectivity index is 1.14. The fourth-order valence-electron chi connectivity index (χ4n) is 8.93. The molecule has 1 aromatic heterocycles. The number of pyridine rings is 1. The number of fused-ring (bicyclic) bond motifs is 11. The van der Waals surface area contributed by atoms with E-state index in [9.17, 15) is 0 Å². The minimum absolute atomic E-state index is 0.212. The van der Waals surface area contributed by atoms with Crippen molar-refractivity contribution in [2.45, 2.75) is 11.3 Å². The summed E-state index contributed by atoms with van der Waals surface area (Å²) < 4.78 is 13.5. The molecule has 3 heteroatoms. The van der Waals surface area contributed by atoms with Crippen molar-refractivity contribution in [3.05, 3.63) is 221 Å². The van der Waals surface area contributed by atoms with Crippen molar-refractivity contribution in [1.29, 1.82) is 0 Å². The molecule has 1 spiro atoms. The van der Waals surface area contributed by atoms with Crippen LogP contribution in [0, 0.1) is 0 Å². The molecule has 0 radical (unpaired) electrons. The summed E-state index contributed by atoms with van der Waals surface area (Å²) in [4.78, 5) is 4.65. The normalized spacial score (nSPS) is 15.2. The van der Waals surface area contributed by atoms with Gasteiger partial charge in [-0.25, -0.2) is 0 Å². The molecule has 1 atom stereocenters. The summed E-state index contributed by atoms with van der Waals surface area (Å²) in [7, 11) is 0. The largest absolute Gasteiger partial charge is 0.457 e. The second kappa shape index (κ2) is 11.1. The van der Waals surface area contributed by atoms with E-state index in [-0.39, 0.29) is 5.92 Å². The van der Waals surface area contributed by atoms with Crippen molar-refractivity contribution >= 4 is 0 Å². The minimum Gasteiger partial charge on any atom is -0.457 e. The molecule has 1 aliphatic carbocycles. The summed E-state index contributed by atoms with van der Waals surface area (Å²) in [5.41, 5.74) is 14.5. The van der Waals surface area contributed by atoms with Gasteiger partial charge in [0.25, 0.3) is 0 Å². The maximum atomic E-state index is 6.90. The van der Waals surface area contributed by atoms with E-state index in [1.807, 2.05) is 36.5 Å². The van der Waals surface area contributed by atoms with Gasteiger partial charge in [-0.2, -0.15) is 0 Å². The number of para-hydroxylation sites is 2. The van der Waals surface area contributed by atoms with Crippen molar-refractivity contribution in [3.63, 3.8) is 0 Å². The van der Waals surface area contributed by atoms with Crippen LogP contribution in [0.2, 0.25) is 0 Å². The number of benzene rings is 7. The lowest BCUT2D eigenvalue weighted by molar-refractivity contribution is 0.399. The first kappa shape index (κ1) is 29.1. The molecule has 1 unspecified atom stereocenters. The summed E-state index contributed by atoms with van der Waals surface area (Å²) in [6.45, 7) is 0. The second-order valence-corrected chi connectivity index (χ2v) is 13.8. The molecule has 8 aromatic rings. The van der Waals surface area contributed by atoms with E-state index in [1.165, 1.54) is 33.4 Å². The Kier molecular flexibility index (Phi) is 6.23. The molecule has 2 aliphatic heterocycles. The molecular formula is C49H31NO2. The average Bonchev–Trinajstić information content (AvgIpc) is 3.55. The first-order chi connectivity index (χ1) is 25.8. The Morgan fingerprint density at radius 1 is 0.404 bits per heavy atom. The van der Waals surface area contributed by atoms with Gasteiger partial charge in [0.1, 0.15) is 23.0 Å². The zero-order chi connectivity index (χ0) is 34.2. The molecule has 0 amide bonds. The van der Waals surface area contributed by atoms with Crippen molar-refractivity contribution in [2.24, 2.45) is 0 Å². The number of hydrogen-bond donors (Lipinski definition) is 0. The molecule has 0 N–H and O–H groups in total. The van der Waals surface area contributed by atoms with Crippen LogP contribution in [0.1, 0.15) is 44.9 Å². The van der Waals surface area contributed by atoms with Crippen molar-refractivity contribution < 1.29 is 9.47 Å². The summed E-state index contributed by atoms with van der Waals surface area (Å²) in [6, 6.07) is 62.8. The Labute approximate surface area is 302 Å². The van der Waals surface area contributed by atoms with Gasteiger partial charge in [-0.1, -0.05) is 127 Å². The fraction of sp³-hybridized carbons (Fsp3) is 0.0408. The summed E-state index contributed by atoms with van der Waals surface area (Å²) in [6.07, 6.45) is 1.83. The first-order valence-corrected chi connectivity index (χ1v) is 17.8. The molecule has 3 heterocycles. The minimum atomic E-state index is -0.686. The molecule has 11 rings (SSSR count). The zero-order valence-electron chi connectivity index (χ0n) is 28.2. The topological polar surface area (TPSA) is 31.4 Å². The van der Waals surface area contributed by atoms with Crippen LogP contribution in [0.3, 0.4) is 0 Å². The van der Waals surface area contributed by atoms with Gasteiger partial charge in [0, 0.05) is 39.9 Å². The van der Waals surface area contributed by atoms with Crippen LogP contribution in [0.4, 0.5) is 0 Å². The highest BCUT2D eigenvalue weighted by Crippen LogP contribution is 2.62. The smallest absolute Gasteiger partial charge is 0.132 e. The number of hydrogen-bond acceptors (Lipinski definition) is 3. The highest BCUT2D eigenvalue weighted by atomic mass is 16.5. The predicted molar refractivity (Wildman–Crippen MR) is 206 cm³/mol. The molecule has 0 saturated heterocycles. The highest BCUT2D eigenvalue weighted by molar-refractivity contribution is 5.86. The van der Waals surface area contributed by atoms with Crippen LogP contribution in [0.25, 0.3) is 33.5 Å². The van der Waals surface area contributed by atoms with E-state index >= 15 is 0 Å². The van der Waals surface area contributed by atoms with Gasteiger partial charge in [0.15, 0.2) is 0 Å². The number of aromatic nitrogens is 1. The zero-order valence-corrected chi connectivity index (χ0v) is 28.2. The Bertz CT molecular complexity index is 2650. The Morgan fingerprint density at radius 2 is 1.02 bits per heavy atom. The van der Waals surface area contributed by atoms with Crippen LogP contribution in [-0.2, 0) is 5.41 Å². The number of ether oxygens (including phenoxy) is 2. The van der Waals surface area contributed by atoms with Gasteiger partial charge in [0.05, 0.1) is 11.1 Å². The van der Waals surface area contributed by atoms with E-state index in [0.717, 1.165) is 62.1 Å². The van der Waals surface area contributed by atoms with Gasteiger partial charge < -0.3 is 9.47 Å². The standard InChI is InChI=1S/C49H31NO2/c1-2-12-31(13-3-1)48-36-15-5-4-14-35(36)38-28-32(21-24-37(38)48)33-23-26-46-42(29-33)49(39-16-6-8-19-44(39)51-45-20-9-7-17-40(45)49)41-25-22-34(30-47(41)52-46)43-18-10-11-27-50-43/h1-30,48H. The van der Waals surface area contributed by atoms with E-state index in [1.54, 1.807) is 0 Å². The Hall–Kier alpha value is -6.71. The third-order valence-electron chi connectivity index (χ3n) is 11.1. The SMILES string of the molecule is c1ccc(C2c3ccccc3-c3cc(-c4ccc5c(c4)C4(c6ccccc6Oc6ccccc64)c4ccc(-c6ccccn6)cc4O5)ccc32)cc1. The maximum Gasteiger partial charge on any atom is 0.132 e. The van der Waals surface area contributed by atoms with E-state index < -0.39 is 5.41 Å². The van der Waals surface area contributed by atoms with E-state index in [4.69, 9.17) is 9.47 Å². The molecular weight excluding hydrogens is 635 g/mol. The molecule has 52 heavy (non-hydrogen) atoms. The first-order valence-electron chi connectivity index (χ1n) is 17.8. The van der Waals surface area contributed by atoms with Crippen LogP contribution in [0.5, 0.6) is 23.0 Å².